The van der Waals surface area contributed by atoms with E-state index in [0.29, 0.717) is 0 Å². The number of nitrogens with zero attached hydrogens (tertiary/aromatic N) is 1. The fourth-order valence-corrected chi connectivity index (χ4v) is 6.50. The molecule has 8 rings (SSSR count). The molecule has 0 amide bonds. The van der Waals surface area contributed by atoms with Gasteiger partial charge in [0.2, 0.25) is 0 Å². The summed E-state index contributed by atoms with van der Waals surface area (Å²) in [5.41, 5.74) is 10.6. The highest BCUT2D eigenvalue weighted by molar-refractivity contribution is 6.14. The van der Waals surface area contributed by atoms with Crippen molar-refractivity contribution in [1.82, 2.24) is 0 Å². The average molecular weight is 574 g/mol. The topological polar surface area (TPSA) is 3.24 Å². The molecule has 0 aliphatic carbocycles. The third kappa shape index (κ3) is 5.05. The molecule has 0 saturated carbocycles. The minimum Gasteiger partial charge on any atom is -0.310 e. The Balaban J connectivity index is 1.32. The fourth-order valence-electron chi connectivity index (χ4n) is 6.50. The van der Waals surface area contributed by atoms with Gasteiger partial charge in [-0.25, -0.2) is 0 Å². The van der Waals surface area contributed by atoms with Crippen molar-refractivity contribution in [3.63, 3.8) is 0 Å². The molecule has 1 heteroatoms. The lowest BCUT2D eigenvalue weighted by Gasteiger charge is -2.28. The van der Waals surface area contributed by atoms with E-state index in [1.165, 1.54) is 54.9 Å². The summed E-state index contributed by atoms with van der Waals surface area (Å²) in [6, 6.07) is 67.6. The lowest BCUT2D eigenvalue weighted by molar-refractivity contribution is 1.28. The second-order valence-electron chi connectivity index (χ2n) is 11.4. The zero-order valence-corrected chi connectivity index (χ0v) is 24.8. The molecule has 0 spiro atoms. The molecule has 212 valence electrons. The first kappa shape index (κ1) is 26.7. The zero-order chi connectivity index (χ0) is 30.0. The summed E-state index contributed by atoms with van der Waals surface area (Å²) in [7, 11) is 0. The Morgan fingerprint density at radius 1 is 0.289 bits per heavy atom. The van der Waals surface area contributed by atoms with Crippen molar-refractivity contribution in [2.45, 2.75) is 0 Å². The van der Waals surface area contributed by atoms with Gasteiger partial charge < -0.3 is 4.90 Å². The Morgan fingerprint density at radius 3 is 1.64 bits per heavy atom. The van der Waals surface area contributed by atoms with Crippen molar-refractivity contribution in [2.75, 3.05) is 4.90 Å². The molecule has 0 heterocycles. The van der Waals surface area contributed by atoms with E-state index in [-0.39, 0.29) is 0 Å². The SMILES string of the molecule is c1ccc(-c2ccc(N(c3cccc(-c4cc5ccccc5c5ccccc45)c3)c3ccccc3-c3ccccc3)cc2)cc1. The quantitative estimate of drug-likeness (QED) is 0.179. The number of fused-ring (bicyclic) bond motifs is 3. The summed E-state index contributed by atoms with van der Waals surface area (Å²) in [5.74, 6) is 0. The Morgan fingerprint density at radius 2 is 0.867 bits per heavy atom. The van der Waals surface area contributed by atoms with Crippen LogP contribution in [0, 0.1) is 0 Å². The van der Waals surface area contributed by atoms with E-state index in [0.717, 1.165) is 17.1 Å². The Bertz CT molecular complexity index is 2250. The molecule has 0 fully saturated rings. The van der Waals surface area contributed by atoms with Gasteiger partial charge in [0.25, 0.3) is 0 Å². The molecule has 8 aromatic rings. The molecule has 0 atom stereocenters. The van der Waals surface area contributed by atoms with Gasteiger partial charge in [0.1, 0.15) is 0 Å². The largest absolute Gasteiger partial charge is 0.310 e. The maximum Gasteiger partial charge on any atom is 0.0540 e. The highest BCUT2D eigenvalue weighted by atomic mass is 15.1. The van der Waals surface area contributed by atoms with Gasteiger partial charge in [-0.1, -0.05) is 152 Å². The minimum absolute atomic E-state index is 1.11. The molecule has 0 radical (unpaired) electrons. The number of hydrogen-bond acceptors (Lipinski definition) is 1. The highest BCUT2D eigenvalue weighted by Gasteiger charge is 2.18. The predicted octanol–water partition coefficient (Wildman–Crippen LogP) is 12.5. The van der Waals surface area contributed by atoms with Gasteiger partial charge in [0, 0.05) is 16.9 Å². The standard InChI is InChI=1S/C44H31N/c1-3-14-32(15-4-1)33-26-28-37(29-27-33)45(44-25-12-11-22-40(44)34-16-5-2-6-17-34)38-20-13-19-35(30-38)43-31-36-18-7-8-21-39(36)41-23-9-10-24-42(41)43/h1-31H. The van der Waals surface area contributed by atoms with Gasteiger partial charge >= 0.3 is 0 Å². The summed E-state index contributed by atoms with van der Waals surface area (Å²) in [5, 5.41) is 5.07. The van der Waals surface area contributed by atoms with Crippen LogP contribution in [-0.2, 0) is 0 Å². The Labute approximate surface area is 264 Å². The lowest BCUT2D eigenvalue weighted by atomic mass is 9.93. The van der Waals surface area contributed by atoms with Crippen molar-refractivity contribution < 1.29 is 0 Å². The maximum absolute atomic E-state index is 2.39. The van der Waals surface area contributed by atoms with E-state index < -0.39 is 0 Å². The normalized spacial score (nSPS) is 11.1. The Hall–Kier alpha value is -5.92. The summed E-state index contributed by atoms with van der Waals surface area (Å²) < 4.78 is 0. The summed E-state index contributed by atoms with van der Waals surface area (Å²) in [6.07, 6.45) is 0. The van der Waals surface area contributed by atoms with E-state index in [4.69, 9.17) is 0 Å². The van der Waals surface area contributed by atoms with Gasteiger partial charge in [-0.3, -0.25) is 0 Å². The van der Waals surface area contributed by atoms with Gasteiger partial charge in [0.05, 0.1) is 5.69 Å². The van der Waals surface area contributed by atoms with E-state index in [9.17, 15) is 0 Å². The van der Waals surface area contributed by atoms with Crippen LogP contribution < -0.4 is 4.90 Å². The molecule has 0 saturated heterocycles. The number of rotatable bonds is 6. The van der Waals surface area contributed by atoms with E-state index in [1.807, 2.05) is 0 Å². The van der Waals surface area contributed by atoms with Crippen LogP contribution in [0.15, 0.2) is 188 Å². The van der Waals surface area contributed by atoms with Crippen LogP contribution in [0.3, 0.4) is 0 Å². The minimum atomic E-state index is 1.11. The van der Waals surface area contributed by atoms with E-state index in [1.54, 1.807) is 0 Å². The summed E-state index contributed by atoms with van der Waals surface area (Å²) >= 11 is 0. The van der Waals surface area contributed by atoms with E-state index in [2.05, 4.69) is 193 Å². The van der Waals surface area contributed by atoms with Crippen LogP contribution in [0.25, 0.3) is 54.9 Å². The number of para-hydroxylation sites is 1. The van der Waals surface area contributed by atoms with Crippen molar-refractivity contribution in [1.29, 1.82) is 0 Å². The third-order valence-corrected chi connectivity index (χ3v) is 8.65. The first-order chi connectivity index (χ1) is 22.3. The number of benzene rings is 8. The predicted molar refractivity (Wildman–Crippen MR) is 192 cm³/mol. The van der Waals surface area contributed by atoms with Gasteiger partial charge in [0.15, 0.2) is 0 Å². The molecule has 1 nitrogen and oxygen atoms in total. The van der Waals surface area contributed by atoms with Crippen LogP contribution >= 0.6 is 0 Å². The van der Waals surface area contributed by atoms with E-state index >= 15 is 0 Å². The molecule has 0 unspecified atom stereocenters. The molecular weight excluding hydrogens is 542 g/mol. The Kier molecular flexibility index (Phi) is 6.90. The smallest absolute Gasteiger partial charge is 0.0540 e. The van der Waals surface area contributed by atoms with Crippen LogP contribution in [0.2, 0.25) is 0 Å². The lowest BCUT2D eigenvalue weighted by Crippen LogP contribution is -2.11. The molecule has 45 heavy (non-hydrogen) atoms. The van der Waals surface area contributed by atoms with Crippen LogP contribution in [0.4, 0.5) is 17.1 Å². The first-order valence-corrected chi connectivity index (χ1v) is 15.4. The van der Waals surface area contributed by atoms with Crippen LogP contribution in [-0.4, -0.2) is 0 Å². The summed E-state index contributed by atoms with van der Waals surface area (Å²) in [4.78, 5) is 2.39. The van der Waals surface area contributed by atoms with Crippen LogP contribution in [0.5, 0.6) is 0 Å². The van der Waals surface area contributed by atoms with Gasteiger partial charge in [-0.15, -0.1) is 0 Å². The molecule has 0 aromatic heterocycles. The second-order valence-corrected chi connectivity index (χ2v) is 11.4. The zero-order valence-electron chi connectivity index (χ0n) is 24.8. The molecule has 0 bridgehead atoms. The molecule has 0 aliphatic rings. The van der Waals surface area contributed by atoms with Crippen molar-refractivity contribution in [2.24, 2.45) is 0 Å². The second kappa shape index (κ2) is 11.6. The van der Waals surface area contributed by atoms with Gasteiger partial charge in [-0.05, 0) is 85.8 Å². The molecule has 0 aliphatic heterocycles. The number of hydrogen-bond donors (Lipinski definition) is 0. The van der Waals surface area contributed by atoms with Crippen molar-refractivity contribution in [3.05, 3.63) is 188 Å². The summed E-state index contributed by atoms with van der Waals surface area (Å²) in [6.45, 7) is 0. The third-order valence-electron chi connectivity index (χ3n) is 8.65. The highest BCUT2D eigenvalue weighted by Crippen LogP contribution is 2.43. The monoisotopic (exact) mass is 573 g/mol. The fraction of sp³-hybridized carbons (Fsp3) is 0. The average Bonchev–Trinajstić information content (AvgIpc) is 3.13. The maximum atomic E-state index is 2.39. The molecule has 8 aromatic carbocycles. The first-order valence-electron chi connectivity index (χ1n) is 15.4. The van der Waals surface area contributed by atoms with Crippen LogP contribution in [0.1, 0.15) is 0 Å². The number of anilines is 3. The van der Waals surface area contributed by atoms with Crippen molar-refractivity contribution in [3.8, 4) is 33.4 Å². The van der Waals surface area contributed by atoms with Crippen molar-refractivity contribution >= 4 is 38.6 Å². The molecular formula is C44H31N. The van der Waals surface area contributed by atoms with Gasteiger partial charge in [-0.2, -0.15) is 0 Å². The molecule has 0 N–H and O–H groups in total.